The van der Waals surface area contributed by atoms with Gasteiger partial charge in [0.1, 0.15) is 11.6 Å². The van der Waals surface area contributed by atoms with Gasteiger partial charge in [0.25, 0.3) is 0 Å². The van der Waals surface area contributed by atoms with E-state index in [4.69, 9.17) is 22.1 Å². The number of amides is 2. The van der Waals surface area contributed by atoms with Crippen molar-refractivity contribution in [3.8, 4) is 5.75 Å². The lowest BCUT2D eigenvalue weighted by atomic mass is 10.2. The number of halogens is 1. The third-order valence-electron chi connectivity index (χ3n) is 3.98. The molecule has 2 heterocycles. The average Bonchev–Trinajstić information content (AvgIpc) is 3.03. The van der Waals surface area contributed by atoms with Gasteiger partial charge in [0.15, 0.2) is 0 Å². The number of nitrogens with zero attached hydrogens (tertiary/aromatic N) is 3. The number of carbonyl (C=O) groups excluding carboxylic acids is 1. The summed E-state index contributed by atoms with van der Waals surface area (Å²) >= 11 is 6.20. The zero-order valence-electron chi connectivity index (χ0n) is 13.2. The summed E-state index contributed by atoms with van der Waals surface area (Å²) < 4.78 is 6.84. The second-order valence-corrected chi connectivity index (χ2v) is 5.93. The van der Waals surface area contributed by atoms with Crippen LogP contribution in [-0.2, 0) is 20.1 Å². The van der Waals surface area contributed by atoms with Gasteiger partial charge in [0, 0.05) is 18.7 Å². The van der Waals surface area contributed by atoms with E-state index < -0.39 is 0 Å². The molecule has 0 saturated heterocycles. The SMILES string of the molecule is COc1cc(Cl)c(NC(=O)N2Cc3nn(C)c(N)c3C2)cc1C. The number of ether oxygens (including phenoxy) is 1. The zero-order chi connectivity index (χ0) is 16.7. The second kappa shape index (κ2) is 5.66. The number of aryl methyl sites for hydroxylation is 2. The largest absolute Gasteiger partial charge is 0.496 e. The van der Waals surface area contributed by atoms with Crippen LogP contribution < -0.4 is 15.8 Å². The lowest BCUT2D eigenvalue weighted by molar-refractivity contribution is 0.212. The van der Waals surface area contributed by atoms with E-state index in [2.05, 4.69) is 10.4 Å². The molecule has 8 heteroatoms. The number of fused-ring (bicyclic) bond motifs is 1. The van der Waals surface area contributed by atoms with Crippen molar-refractivity contribution in [3.63, 3.8) is 0 Å². The molecule has 1 aliphatic heterocycles. The molecule has 0 aliphatic carbocycles. The van der Waals surface area contributed by atoms with Crippen LogP contribution in [0.4, 0.5) is 16.3 Å². The molecular weight excluding hydrogens is 318 g/mol. The molecule has 0 spiro atoms. The second-order valence-electron chi connectivity index (χ2n) is 5.52. The van der Waals surface area contributed by atoms with Crippen LogP contribution in [-0.4, -0.2) is 27.8 Å². The van der Waals surface area contributed by atoms with Crippen LogP contribution in [0.2, 0.25) is 5.02 Å². The standard InChI is InChI=1S/C15H18ClN5O2/c1-8-4-11(10(16)5-13(8)23-3)18-15(22)21-6-9-12(7-21)19-20(2)14(9)17/h4-5H,6-7,17H2,1-3H3,(H,18,22). The number of hydrogen-bond donors (Lipinski definition) is 2. The molecule has 3 rings (SSSR count). The minimum absolute atomic E-state index is 0.239. The predicted molar refractivity (Wildman–Crippen MR) is 88.6 cm³/mol. The molecule has 1 aliphatic rings. The van der Waals surface area contributed by atoms with E-state index in [1.165, 1.54) is 0 Å². The van der Waals surface area contributed by atoms with Crippen LogP contribution in [0.5, 0.6) is 5.75 Å². The first-order valence-corrected chi connectivity index (χ1v) is 7.48. The molecule has 1 aromatic carbocycles. The normalized spacial score (nSPS) is 13.1. The van der Waals surface area contributed by atoms with Crippen LogP contribution in [0.15, 0.2) is 12.1 Å². The highest BCUT2D eigenvalue weighted by Crippen LogP contribution is 2.32. The molecule has 3 N–H and O–H groups in total. The maximum atomic E-state index is 12.4. The average molecular weight is 336 g/mol. The maximum Gasteiger partial charge on any atom is 0.322 e. The summed E-state index contributed by atoms with van der Waals surface area (Å²) in [5.74, 6) is 1.27. The minimum atomic E-state index is -0.239. The van der Waals surface area contributed by atoms with Crippen LogP contribution in [0.25, 0.3) is 0 Å². The van der Waals surface area contributed by atoms with Gasteiger partial charge < -0.3 is 20.7 Å². The number of nitrogens with one attached hydrogen (secondary N) is 1. The molecule has 2 amide bonds. The highest BCUT2D eigenvalue weighted by molar-refractivity contribution is 6.33. The van der Waals surface area contributed by atoms with Gasteiger partial charge in [-0.25, -0.2) is 4.79 Å². The van der Waals surface area contributed by atoms with Crippen molar-refractivity contribution in [2.75, 3.05) is 18.2 Å². The number of benzene rings is 1. The Hall–Kier alpha value is -2.41. The summed E-state index contributed by atoms with van der Waals surface area (Å²) in [6, 6.07) is 3.23. The predicted octanol–water partition coefficient (Wildman–Crippen LogP) is 2.52. The highest BCUT2D eigenvalue weighted by Gasteiger charge is 2.29. The molecule has 0 atom stereocenters. The fourth-order valence-electron chi connectivity index (χ4n) is 2.68. The molecule has 7 nitrogen and oxygen atoms in total. The van der Waals surface area contributed by atoms with Gasteiger partial charge in [-0.2, -0.15) is 5.10 Å². The summed E-state index contributed by atoms with van der Waals surface area (Å²) in [6.45, 7) is 2.76. The van der Waals surface area contributed by atoms with Crippen LogP contribution in [0.3, 0.4) is 0 Å². The number of nitrogens with two attached hydrogens (primary N) is 1. The highest BCUT2D eigenvalue weighted by atomic mass is 35.5. The number of nitrogen functional groups attached to an aromatic ring is 1. The van der Waals surface area contributed by atoms with Gasteiger partial charge in [-0.05, 0) is 18.6 Å². The van der Waals surface area contributed by atoms with E-state index in [0.29, 0.717) is 35.4 Å². The van der Waals surface area contributed by atoms with Gasteiger partial charge in [0.2, 0.25) is 0 Å². The van der Waals surface area contributed by atoms with E-state index in [1.807, 2.05) is 6.92 Å². The molecule has 0 saturated carbocycles. The van der Waals surface area contributed by atoms with Crippen LogP contribution >= 0.6 is 11.6 Å². The van der Waals surface area contributed by atoms with E-state index in [9.17, 15) is 4.79 Å². The Morgan fingerprint density at radius 3 is 2.83 bits per heavy atom. The van der Waals surface area contributed by atoms with E-state index >= 15 is 0 Å². The molecule has 0 bridgehead atoms. The van der Waals surface area contributed by atoms with Gasteiger partial charge in [0.05, 0.1) is 36.6 Å². The van der Waals surface area contributed by atoms with Crippen molar-refractivity contribution < 1.29 is 9.53 Å². The monoisotopic (exact) mass is 335 g/mol. The van der Waals surface area contributed by atoms with E-state index in [0.717, 1.165) is 16.8 Å². The summed E-state index contributed by atoms with van der Waals surface area (Å²) in [4.78, 5) is 14.1. The summed E-state index contributed by atoms with van der Waals surface area (Å²) in [7, 11) is 3.37. The topological polar surface area (TPSA) is 85.4 Å². The first-order chi connectivity index (χ1) is 10.9. The van der Waals surface area contributed by atoms with Crippen molar-refractivity contribution in [2.24, 2.45) is 7.05 Å². The lowest BCUT2D eigenvalue weighted by Crippen LogP contribution is -2.31. The van der Waals surface area contributed by atoms with E-state index in [-0.39, 0.29) is 6.03 Å². The first-order valence-electron chi connectivity index (χ1n) is 7.11. The quantitative estimate of drug-likeness (QED) is 0.883. The Morgan fingerprint density at radius 2 is 2.17 bits per heavy atom. The fourth-order valence-corrected chi connectivity index (χ4v) is 2.88. The third-order valence-corrected chi connectivity index (χ3v) is 4.29. The maximum absolute atomic E-state index is 12.4. The number of anilines is 2. The van der Waals surface area contributed by atoms with E-state index in [1.54, 1.807) is 35.9 Å². The van der Waals surface area contributed by atoms with Gasteiger partial charge in [-0.3, -0.25) is 4.68 Å². The van der Waals surface area contributed by atoms with Crippen molar-refractivity contribution in [1.29, 1.82) is 0 Å². The van der Waals surface area contributed by atoms with Crippen molar-refractivity contribution in [3.05, 3.63) is 34.0 Å². The van der Waals surface area contributed by atoms with Crippen LogP contribution in [0, 0.1) is 6.92 Å². The molecule has 0 unspecified atom stereocenters. The van der Waals surface area contributed by atoms with Gasteiger partial charge in [-0.1, -0.05) is 11.6 Å². The summed E-state index contributed by atoms with van der Waals surface area (Å²) in [5, 5.41) is 7.57. The lowest BCUT2D eigenvalue weighted by Gasteiger charge is -2.18. The Balaban J connectivity index is 1.75. The third kappa shape index (κ3) is 2.68. The summed E-state index contributed by atoms with van der Waals surface area (Å²) in [5.41, 5.74) is 9.13. The number of methoxy groups -OCH3 is 1. The smallest absolute Gasteiger partial charge is 0.322 e. The van der Waals surface area contributed by atoms with Crippen molar-refractivity contribution in [1.82, 2.24) is 14.7 Å². The Kier molecular flexibility index (Phi) is 3.81. The van der Waals surface area contributed by atoms with Gasteiger partial charge >= 0.3 is 6.03 Å². The number of hydrogen-bond acceptors (Lipinski definition) is 4. The fraction of sp³-hybridized carbons (Fsp3) is 0.333. The first kappa shape index (κ1) is 15.5. The van der Waals surface area contributed by atoms with Crippen molar-refractivity contribution >= 4 is 29.1 Å². The Bertz CT molecular complexity index is 787. The molecular formula is C15H18ClN5O2. The molecule has 23 heavy (non-hydrogen) atoms. The minimum Gasteiger partial charge on any atom is -0.496 e. The Labute approximate surface area is 139 Å². The molecule has 2 aromatic rings. The molecule has 122 valence electrons. The summed E-state index contributed by atoms with van der Waals surface area (Å²) in [6.07, 6.45) is 0. The van der Waals surface area contributed by atoms with Crippen molar-refractivity contribution in [2.45, 2.75) is 20.0 Å². The molecule has 1 aromatic heterocycles. The Morgan fingerprint density at radius 1 is 1.43 bits per heavy atom. The van der Waals surface area contributed by atoms with Crippen LogP contribution in [0.1, 0.15) is 16.8 Å². The van der Waals surface area contributed by atoms with Gasteiger partial charge in [-0.15, -0.1) is 0 Å². The number of urea groups is 1. The molecule has 0 radical (unpaired) electrons. The zero-order valence-corrected chi connectivity index (χ0v) is 13.9. The number of rotatable bonds is 2. The number of carbonyl (C=O) groups is 1. The molecule has 0 fully saturated rings. The number of aromatic nitrogens is 2.